The fraction of sp³-hybridized carbons (Fsp3) is 0.296. The van der Waals surface area contributed by atoms with Gasteiger partial charge >= 0.3 is 0 Å². The number of benzene rings is 3. The molecule has 186 valence electrons. The fourth-order valence-corrected chi connectivity index (χ4v) is 3.44. The molecule has 0 aliphatic rings. The molecule has 0 heterocycles. The number of aliphatic imine (C=N–C) groups is 1. The minimum Gasteiger partial charge on any atom is -0.507 e. The molecule has 3 rings (SSSR count). The van der Waals surface area contributed by atoms with E-state index in [4.69, 9.17) is 0 Å². The highest BCUT2D eigenvalue weighted by Gasteiger charge is 2.27. The van der Waals surface area contributed by atoms with Crippen molar-refractivity contribution in [1.29, 1.82) is 0 Å². The van der Waals surface area contributed by atoms with Crippen LogP contribution in [0.4, 0.5) is 39.0 Å². The van der Waals surface area contributed by atoms with Crippen LogP contribution >= 0.6 is 0 Å². The van der Waals surface area contributed by atoms with E-state index in [1.807, 2.05) is 47.6 Å². The summed E-state index contributed by atoms with van der Waals surface area (Å²) in [6.07, 6.45) is 1.40. The molecule has 8 heteroatoms. The number of anilines is 2. The molecule has 3 nitrogen and oxygen atoms in total. The largest absolute Gasteiger partial charge is 0.507 e. The molecule has 0 atom stereocenters. The quantitative estimate of drug-likeness (QED) is 0.168. The number of phenols is 1. The van der Waals surface area contributed by atoms with E-state index in [1.165, 1.54) is 24.4 Å². The van der Waals surface area contributed by atoms with Crippen LogP contribution in [0.3, 0.4) is 0 Å². The predicted molar refractivity (Wildman–Crippen MR) is 129 cm³/mol. The van der Waals surface area contributed by atoms with Crippen molar-refractivity contribution < 1.29 is 27.1 Å². The van der Waals surface area contributed by atoms with Gasteiger partial charge < -0.3 is 10.4 Å². The third-order valence-corrected chi connectivity index (χ3v) is 5.53. The summed E-state index contributed by atoms with van der Waals surface area (Å²) in [7, 11) is 0. The molecule has 0 spiro atoms. The molecule has 0 bridgehead atoms. The van der Waals surface area contributed by atoms with Crippen LogP contribution in [0.15, 0.2) is 41.4 Å². The van der Waals surface area contributed by atoms with Gasteiger partial charge in [0.05, 0.1) is 11.4 Å². The van der Waals surface area contributed by atoms with Crippen molar-refractivity contribution in [3.8, 4) is 5.75 Å². The number of phenolic OH excluding ortho intramolecular Hbond substituents is 1. The third-order valence-electron chi connectivity index (χ3n) is 5.53. The number of halogens is 5. The first-order valence-corrected chi connectivity index (χ1v) is 10.9. The van der Waals surface area contributed by atoms with Crippen LogP contribution in [-0.4, -0.2) is 11.3 Å². The summed E-state index contributed by atoms with van der Waals surface area (Å²) >= 11 is 0. The number of hydrogen-bond acceptors (Lipinski definition) is 3. The lowest BCUT2D eigenvalue weighted by Crippen LogP contribution is -2.17. The van der Waals surface area contributed by atoms with Gasteiger partial charge in [-0.3, -0.25) is 4.99 Å². The zero-order valence-corrected chi connectivity index (χ0v) is 20.3. The molecule has 0 saturated carbocycles. The molecule has 0 aromatic heterocycles. The van der Waals surface area contributed by atoms with Gasteiger partial charge in [0.15, 0.2) is 23.3 Å². The Bertz CT molecular complexity index is 1280. The number of aromatic hydroxyl groups is 1. The maximum Gasteiger partial charge on any atom is 0.200 e. The van der Waals surface area contributed by atoms with Crippen LogP contribution in [0.25, 0.3) is 0 Å². The zero-order valence-electron chi connectivity index (χ0n) is 20.3. The summed E-state index contributed by atoms with van der Waals surface area (Å²) in [5, 5.41) is 13.2. The Kier molecular flexibility index (Phi) is 6.97. The second kappa shape index (κ2) is 9.32. The number of para-hydroxylation sites is 2. The lowest BCUT2D eigenvalue weighted by atomic mass is 9.79. The number of nitrogens with one attached hydrogen (secondary N) is 1. The van der Waals surface area contributed by atoms with Crippen LogP contribution < -0.4 is 5.32 Å². The monoisotopic (exact) mass is 490 g/mol. The highest BCUT2D eigenvalue weighted by atomic mass is 19.2. The molecule has 3 aromatic rings. The lowest BCUT2D eigenvalue weighted by Gasteiger charge is -2.27. The van der Waals surface area contributed by atoms with Gasteiger partial charge in [0.25, 0.3) is 0 Å². The smallest absolute Gasteiger partial charge is 0.200 e. The standard InChI is InChI=1S/C27H27F5N2O/c1-26(2,3)15-11-14(25(35)16(12-15)27(4,5)6)13-33-17-9-7-8-10-18(17)34-24-22(31)20(29)19(28)21(30)23(24)32/h7-13,34-35H,1-6H3/b33-13+. The average molecular weight is 491 g/mol. The summed E-state index contributed by atoms with van der Waals surface area (Å²) in [6.45, 7) is 12.0. The Labute approximate surface area is 201 Å². The Morgan fingerprint density at radius 3 is 1.86 bits per heavy atom. The maximum atomic E-state index is 14.2. The summed E-state index contributed by atoms with van der Waals surface area (Å²) < 4.78 is 69.0. The van der Waals surface area contributed by atoms with E-state index >= 15 is 0 Å². The van der Waals surface area contributed by atoms with Gasteiger partial charge in [0, 0.05) is 17.3 Å². The van der Waals surface area contributed by atoms with E-state index in [0.717, 1.165) is 11.1 Å². The highest BCUT2D eigenvalue weighted by Crippen LogP contribution is 2.38. The second-order valence-electron chi connectivity index (χ2n) is 10.3. The minimum atomic E-state index is -2.24. The number of rotatable bonds is 4. The molecule has 0 fully saturated rings. The number of nitrogens with zero attached hydrogens (tertiary/aromatic N) is 1. The van der Waals surface area contributed by atoms with E-state index in [2.05, 4.69) is 10.3 Å². The Morgan fingerprint density at radius 1 is 0.771 bits per heavy atom. The number of hydrogen-bond donors (Lipinski definition) is 2. The summed E-state index contributed by atoms with van der Waals surface area (Å²) in [6, 6.07) is 9.75. The van der Waals surface area contributed by atoms with Crippen molar-refractivity contribution in [2.24, 2.45) is 4.99 Å². The van der Waals surface area contributed by atoms with Crippen molar-refractivity contribution >= 4 is 23.3 Å². The Morgan fingerprint density at radius 2 is 1.31 bits per heavy atom. The fourth-order valence-electron chi connectivity index (χ4n) is 3.44. The molecule has 0 radical (unpaired) electrons. The van der Waals surface area contributed by atoms with Crippen molar-refractivity contribution in [3.63, 3.8) is 0 Å². The molecule has 0 aliphatic heterocycles. The van der Waals surface area contributed by atoms with E-state index in [0.29, 0.717) is 5.56 Å². The SMILES string of the molecule is CC(C)(C)c1cc(/C=N/c2ccccc2Nc2c(F)c(F)c(F)c(F)c2F)c(O)c(C(C)(C)C)c1. The molecular formula is C27H27F5N2O. The van der Waals surface area contributed by atoms with Crippen molar-refractivity contribution in [2.45, 2.75) is 52.4 Å². The summed E-state index contributed by atoms with van der Waals surface area (Å²) in [5.74, 6) is -10.3. The van der Waals surface area contributed by atoms with Gasteiger partial charge in [-0.05, 0) is 34.6 Å². The first-order valence-electron chi connectivity index (χ1n) is 10.9. The molecule has 0 aliphatic carbocycles. The Balaban J connectivity index is 2.09. The zero-order chi connectivity index (χ0) is 26.3. The summed E-state index contributed by atoms with van der Waals surface area (Å²) in [5.41, 5.74) is 0.517. The van der Waals surface area contributed by atoms with Gasteiger partial charge in [0.2, 0.25) is 5.82 Å². The molecule has 0 amide bonds. The topological polar surface area (TPSA) is 44.6 Å². The second-order valence-corrected chi connectivity index (χ2v) is 10.3. The lowest BCUT2D eigenvalue weighted by molar-refractivity contribution is 0.382. The highest BCUT2D eigenvalue weighted by molar-refractivity contribution is 5.88. The van der Waals surface area contributed by atoms with E-state index < -0.39 is 34.8 Å². The van der Waals surface area contributed by atoms with Crippen molar-refractivity contribution in [3.05, 3.63) is 82.2 Å². The van der Waals surface area contributed by atoms with Crippen molar-refractivity contribution in [2.75, 3.05) is 5.32 Å². The molecule has 0 saturated heterocycles. The molecule has 2 N–H and O–H groups in total. The maximum absolute atomic E-state index is 14.2. The van der Waals surface area contributed by atoms with Crippen LogP contribution in [0, 0.1) is 29.1 Å². The minimum absolute atomic E-state index is 0.00877. The third kappa shape index (κ3) is 5.31. The van der Waals surface area contributed by atoms with Gasteiger partial charge in [0.1, 0.15) is 11.4 Å². The van der Waals surface area contributed by atoms with Gasteiger partial charge in [-0.25, -0.2) is 22.0 Å². The molecular weight excluding hydrogens is 463 g/mol. The van der Waals surface area contributed by atoms with Crippen molar-refractivity contribution in [1.82, 2.24) is 0 Å². The normalized spacial score (nSPS) is 12.4. The summed E-state index contributed by atoms with van der Waals surface area (Å²) in [4.78, 5) is 4.35. The van der Waals surface area contributed by atoms with E-state index in [-0.39, 0.29) is 28.0 Å². The van der Waals surface area contributed by atoms with Crippen LogP contribution in [0.2, 0.25) is 0 Å². The predicted octanol–water partition coefficient (Wildman–Crippen LogP) is 8.18. The Hall–Kier alpha value is -3.42. The first-order chi connectivity index (χ1) is 16.1. The van der Waals surface area contributed by atoms with Crippen LogP contribution in [-0.2, 0) is 10.8 Å². The van der Waals surface area contributed by atoms with E-state index in [9.17, 15) is 27.1 Å². The van der Waals surface area contributed by atoms with Gasteiger partial charge in [-0.2, -0.15) is 0 Å². The first kappa shape index (κ1) is 26.2. The average Bonchev–Trinajstić information content (AvgIpc) is 2.77. The van der Waals surface area contributed by atoms with Gasteiger partial charge in [-0.15, -0.1) is 0 Å². The molecule has 35 heavy (non-hydrogen) atoms. The molecule has 0 unspecified atom stereocenters. The van der Waals surface area contributed by atoms with Gasteiger partial charge in [-0.1, -0.05) is 59.7 Å². The van der Waals surface area contributed by atoms with Crippen LogP contribution in [0.5, 0.6) is 5.75 Å². The van der Waals surface area contributed by atoms with Crippen LogP contribution in [0.1, 0.15) is 58.2 Å². The molecule has 3 aromatic carbocycles. The van der Waals surface area contributed by atoms with E-state index in [1.54, 1.807) is 12.1 Å².